The number of thiophene rings is 3. The average Bonchev–Trinajstić information content (AvgIpc) is 3.41. The van der Waals surface area contributed by atoms with Crippen LogP contribution in [0.15, 0.2) is 51.9 Å². The van der Waals surface area contributed by atoms with Gasteiger partial charge in [-0.25, -0.2) is 0 Å². The van der Waals surface area contributed by atoms with E-state index in [1.165, 1.54) is 21.1 Å². The molecule has 0 aliphatic rings. The molecule has 0 atom stereocenters. The Morgan fingerprint density at radius 3 is 2.19 bits per heavy atom. The summed E-state index contributed by atoms with van der Waals surface area (Å²) in [5.74, 6) is 0.0457. The average molecular weight is 405 g/mol. The van der Waals surface area contributed by atoms with E-state index in [1.54, 1.807) is 28.7 Å². The Balaban J connectivity index is 1.49. The van der Waals surface area contributed by atoms with Gasteiger partial charge in [0, 0.05) is 33.7 Å². The van der Waals surface area contributed by atoms with Crippen LogP contribution in [0.2, 0.25) is 0 Å². The van der Waals surface area contributed by atoms with Gasteiger partial charge in [0.1, 0.15) is 0 Å². The summed E-state index contributed by atoms with van der Waals surface area (Å²) in [4.78, 5) is 28.9. The Bertz CT molecular complexity index is 760. The highest BCUT2D eigenvalue weighted by Crippen LogP contribution is 2.18. The Labute approximate surface area is 165 Å². The monoisotopic (exact) mass is 404 g/mol. The van der Waals surface area contributed by atoms with Crippen molar-refractivity contribution in [1.29, 1.82) is 0 Å². The van der Waals surface area contributed by atoms with Gasteiger partial charge in [-0.1, -0.05) is 12.1 Å². The normalized spacial score (nSPS) is 10.6. The second-order valence-electron chi connectivity index (χ2n) is 5.78. The fourth-order valence-electron chi connectivity index (χ4n) is 2.51. The Hall–Kier alpha value is -1.96. The molecule has 3 rings (SSSR count). The van der Waals surface area contributed by atoms with Gasteiger partial charge in [-0.15, -0.1) is 22.7 Å². The zero-order valence-corrected chi connectivity index (χ0v) is 16.7. The minimum atomic E-state index is -0.0762. The van der Waals surface area contributed by atoms with Crippen LogP contribution in [0.3, 0.4) is 0 Å². The summed E-state index contributed by atoms with van der Waals surface area (Å²) in [6.07, 6.45) is 1.07. The van der Waals surface area contributed by atoms with Crippen molar-refractivity contribution in [3.63, 3.8) is 0 Å². The van der Waals surface area contributed by atoms with Gasteiger partial charge in [-0.2, -0.15) is 11.3 Å². The maximum atomic E-state index is 12.7. The Morgan fingerprint density at radius 2 is 1.65 bits per heavy atom. The molecule has 0 aliphatic carbocycles. The lowest BCUT2D eigenvalue weighted by molar-refractivity contribution is -0.132. The highest BCUT2D eigenvalue weighted by Gasteiger charge is 2.15. The molecule has 136 valence electrons. The fraction of sp³-hybridized carbons (Fsp3) is 0.263. The number of rotatable bonds is 9. The van der Waals surface area contributed by atoms with Crippen molar-refractivity contribution in [2.24, 2.45) is 0 Å². The summed E-state index contributed by atoms with van der Waals surface area (Å²) >= 11 is 4.83. The lowest BCUT2D eigenvalue weighted by Crippen LogP contribution is -2.31. The molecule has 0 spiro atoms. The van der Waals surface area contributed by atoms with E-state index in [9.17, 15) is 9.59 Å². The van der Waals surface area contributed by atoms with Crippen LogP contribution < -0.4 is 5.32 Å². The third kappa shape index (κ3) is 5.52. The molecule has 26 heavy (non-hydrogen) atoms. The van der Waals surface area contributed by atoms with Crippen LogP contribution in [0.25, 0.3) is 0 Å². The SMILES string of the molecule is O=C(NCCCC(=O)N(Cc1cccs1)Cc1cccs1)c1ccsc1. The van der Waals surface area contributed by atoms with E-state index in [1.807, 2.05) is 38.6 Å². The predicted octanol–water partition coefficient (Wildman–Crippen LogP) is 4.61. The van der Waals surface area contributed by atoms with Crippen molar-refractivity contribution < 1.29 is 9.59 Å². The number of hydrogen-bond donors (Lipinski definition) is 1. The molecule has 4 nitrogen and oxygen atoms in total. The van der Waals surface area contributed by atoms with Crippen LogP contribution in [0, 0.1) is 0 Å². The first kappa shape index (κ1) is 18.8. The molecule has 0 radical (unpaired) electrons. The van der Waals surface area contributed by atoms with E-state index in [0.717, 1.165) is 0 Å². The summed E-state index contributed by atoms with van der Waals surface area (Å²) in [5, 5.41) is 10.6. The molecule has 0 saturated heterocycles. The summed E-state index contributed by atoms with van der Waals surface area (Å²) in [7, 11) is 0. The molecule has 3 aromatic rings. The molecular formula is C19H20N2O2S3. The van der Waals surface area contributed by atoms with E-state index in [4.69, 9.17) is 0 Å². The number of hydrogen-bond acceptors (Lipinski definition) is 5. The highest BCUT2D eigenvalue weighted by molar-refractivity contribution is 7.10. The zero-order chi connectivity index (χ0) is 18.2. The number of carbonyl (C=O) groups is 2. The predicted molar refractivity (Wildman–Crippen MR) is 109 cm³/mol. The molecule has 0 aromatic carbocycles. The summed E-state index contributed by atoms with van der Waals surface area (Å²) in [6, 6.07) is 9.93. The van der Waals surface area contributed by atoms with Crippen LogP contribution in [0.1, 0.15) is 33.0 Å². The third-order valence-electron chi connectivity index (χ3n) is 3.84. The number of carbonyl (C=O) groups excluding carboxylic acids is 2. The molecule has 0 saturated carbocycles. The highest BCUT2D eigenvalue weighted by atomic mass is 32.1. The minimum Gasteiger partial charge on any atom is -0.352 e. The van der Waals surface area contributed by atoms with Gasteiger partial charge in [0.05, 0.1) is 13.1 Å². The van der Waals surface area contributed by atoms with Crippen molar-refractivity contribution in [1.82, 2.24) is 10.2 Å². The van der Waals surface area contributed by atoms with Gasteiger partial charge in [0.15, 0.2) is 0 Å². The van der Waals surface area contributed by atoms with Crippen LogP contribution in [-0.4, -0.2) is 23.3 Å². The van der Waals surface area contributed by atoms with E-state index >= 15 is 0 Å². The lowest BCUT2D eigenvalue weighted by atomic mass is 10.2. The molecule has 3 heterocycles. The first-order valence-corrected chi connectivity index (χ1v) is 11.1. The van der Waals surface area contributed by atoms with Crippen molar-refractivity contribution >= 4 is 45.8 Å². The standard InChI is InChI=1S/C19H20N2O2S3/c22-18(6-1-8-20-19(23)15-7-11-24-14-15)21(12-16-4-2-9-25-16)13-17-5-3-10-26-17/h2-5,7,9-11,14H,1,6,8,12-13H2,(H,20,23). The molecule has 0 fully saturated rings. The number of amides is 2. The molecule has 1 N–H and O–H groups in total. The van der Waals surface area contributed by atoms with Gasteiger partial charge in [0.25, 0.3) is 5.91 Å². The molecular weight excluding hydrogens is 384 g/mol. The number of nitrogens with zero attached hydrogens (tertiary/aromatic N) is 1. The van der Waals surface area contributed by atoms with Crippen LogP contribution in [-0.2, 0) is 17.9 Å². The fourth-order valence-corrected chi connectivity index (χ4v) is 4.58. The summed E-state index contributed by atoms with van der Waals surface area (Å²) < 4.78 is 0. The van der Waals surface area contributed by atoms with Crippen molar-refractivity contribution in [2.45, 2.75) is 25.9 Å². The molecule has 0 aliphatic heterocycles. The van der Waals surface area contributed by atoms with E-state index in [-0.39, 0.29) is 11.8 Å². The first-order chi connectivity index (χ1) is 12.7. The molecule has 3 aromatic heterocycles. The van der Waals surface area contributed by atoms with Crippen molar-refractivity contribution in [3.8, 4) is 0 Å². The third-order valence-corrected chi connectivity index (χ3v) is 6.25. The van der Waals surface area contributed by atoms with Gasteiger partial charge >= 0.3 is 0 Å². The van der Waals surface area contributed by atoms with Crippen molar-refractivity contribution in [3.05, 3.63) is 67.2 Å². The molecule has 2 amide bonds. The van der Waals surface area contributed by atoms with Gasteiger partial charge in [-0.05, 0) is 40.8 Å². The van der Waals surface area contributed by atoms with E-state index < -0.39 is 0 Å². The summed E-state index contributed by atoms with van der Waals surface area (Å²) in [5.41, 5.74) is 0.679. The Morgan fingerprint density at radius 1 is 0.962 bits per heavy atom. The topological polar surface area (TPSA) is 49.4 Å². The quantitative estimate of drug-likeness (QED) is 0.530. The van der Waals surface area contributed by atoms with Crippen molar-refractivity contribution in [2.75, 3.05) is 6.54 Å². The maximum absolute atomic E-state index is 12.7. The van der Waals surface area contributed by atoms with Crippen LogP contribution in [0.5, 0.6) is 0 Å². The molecule has 0 bridgehead atoms. The Kier molecular flexibility index (Phi) is 6.99. The largest absolute Gasteiger partial charge is 0.352 e. The molecule has 0 unspecified atom stereocenters. The summed E-state index contributed by atoms with van der Waals surface area (Å²) in [6.45, 7) is 1.78. The van der Waals surface area contributed by atoms with Gasteiger partial charge < -0.3 is 10.2 Å². The second-order valence-corrected chi connectivity index (χ2v) is 8.62. The van der Waals surface area contributed by atoms with Gasteiger partial charge in [-0.3, -0.25) is 9.59 Å². The lowest BCUT2D eigenvalue weighted by Gasteiger charge is -2.21. The van der Waals surface area contributed by atoms with E-state index in [0.29, 0.717) is 38.0 Å². The first-order valence-electron chi connectivity index (χ1n) is 8.35. The zero-order valence-electron chi connectivity index (χ0n) is 14.2. The second kappa shape index (κ2) is 9.66. The molecule has 7 heteroatoms. The van der Waals surface area contributed by atoms with Crippen LogP contribution in [0.4, 0.5) is 0 Å². The minimum absolute atomic E-state index is 0.0762. The van der Waals surface area contributed by atoms with Crippen LogP contribution >= 0.6 is 34.0 Å². The smallest absolute Gasteiger partial charge is 0.252 e. The van der Waals surface area contributed by atoms with E-state index in [2.05, 4.69) is 17.4 Å². The number of nitrogens with one attached hydrogen (secondary N) is 1. The van der Waals surface area contributed by atoms with Gasteiger partial charge in [0.2, 0.25) is 5.91 Å². The maximum Gasteiger partial charge on any atom is 0.252 e.